The van der Waals surface area contributed by atoms with Crippen molar-refractivity contribution < 1.29 is 92.7 Å². The third-order valence-electron chi connectivity index (χ3n) is 12.6. The highest BCUT2D eigenvalue weighted by molar-refractivity contribution is 5.98. The summed E-state index contributed by atoms with van der Waals surface area (Å²) in [6.45, 7) is 6.80. The van der Waals surface area contributed by atoms with Gasteiger partial charge < -0.3 is 104 Å². The van der Waals surface area contributed by atoms with Gasteiger partial charge in [0.05, 0.1) is 37.5 Å². The van der Waals surface area contributed by atoms with Gasteiger partial charge in [-0.05, 0) is 65.0 Å². The molecule has 2 heterocycles. The van der Waals surface area contributed by atoms with Crippen LogP contribution in [0.1, 0.15) is 92.9 Å². The highest BCUT2D eigenvalue weighted by Gasteiger charge is 2.52. The largest absolute Gasteiger partial charge is 0.480 e. The molecule has 2 aliphatic heterocycles. The first-order chi connectivity index (χ1) is 35.3. The summed E-state index contributed by atoms with van der Waals surface area (Å²) in [6, 6.07) is -11.7. The highest BCUT2D eigenvalue weighted by atomic mass is 16.7. The second-order valence-electron chi connectivity index (χ2n) is 19.1. The van der Waals surface area contributed by atoms with E-state index in [1.807, 2.05) is 0 Å². The molecule has 7 amide bonds. The SMILES string of the molecule is COC1C(CO)OC(OC2C(CO)OC(CC(=O)C[C@H](NC(=O)[C@H](C)NC(=O)[C@@H](NC(=O)[C@@H](N)CCCCN)C(C)C)C(=O)N[C@@H](CCCCN)C(=O)N[C@H](C(=O)O)C(C)O)C(NC(C)=O)C2O)C(NC(C)=O)C1O. The van der Waals surface area contributed by atoms with Crippen molar-refractivity contribution >= 4 is 53.1 Å². The van der Waals surface area contributed by atoms with E-state index in [1.54, 1.807) is 13.8 Å². The third-order valence-corrected chi connectivity index (χ3v) is 12.6. The number of hydrogen-bond donors (Lipinski definition) is 16. The molecule has 430 valence electrons. The number of ketones is 1. The van der Waals surface area contributed by atoms with Gasteiger partial charge in [-0.2, -0.15) is 0 Å². The van der Waals surface area contributed by atoms with E-state index < -0.39 is 189 Å². The number of carbonyl (C=O) groups is 9. The number of aliphatic carboxylic acids is 1. The number of amides is 7. The van der Waals surface area contributed by atoms with E-state index >= 15 is 0 Å². The first-order valence-corrected chi connectivity index (χ1v) is 25.0. The van der Waals surface area contributed by atoms with Gasteiger partial charge in [0.25, 0.3) is 0 Å². The summed E-state index contributed by atoms with van der Waals surface area (Å²) in [5, 5.41) is 80.2. The molecular weight excluding hydrogens is 997 g/mol. The Kier molecular flexibility index (Phi) is 28.6. The minimum absolute atomic E-state index is 0.136. The van der Waals surface area contributed by atoms with Crippen LogP contribution in [0.5, 0.6) is 0 Å². The second kappa shape index (κ2) is 32.5. The Hall–Kier alpha value is -5.05. The van der Waals surface area contributed by atoms with Crippen LogP contribution in [0.4, 0.5) is 0 Å². The first kappa shape index (κ1) is 66.1. The van der Waals surface area contributed by atoms with E-state index in [2.05, 4.69) is 37.2 Å². The summed E-state index contributed by atoms with van der Waals surface area (Å²) in [5.41, 5.74) is 17.2. The predicted octanol–water partition coefficient (Wildman–Crippen LogP) is -6.91. The minimum Gasteiger partial charge on any atom is -0.480 e. The molecule has 17 atom stereocenters. The third kappa shape index (κ3) is 20.4. The summed E-state index contributed by atoms with van der Waals surface area (Å²) in [4.78, 5) is 119. The summed E-state index contributed by atoms with van der Waals surface area (Å²) < 4.78 is 23.2. The van der Waals surface area contributed by atoms with Gasteiger partial charge in [0, 0.05) is 33.8 Å². The normalized spacial score (nSPS) is 26.5. The highest BCUT2D eigenvalue weighted by Crippen LogP contribution is 2.31. The van der Waals surface area contributed by atoms with Crippen LogP contribution < -0.4 is 54.4 Å². The fraction of sp³-hybridized carbons (Fsp3) is 0.804. The average Bonchev–Trinajstić information content (AvgIpc) is 3.33. The molecule has 0 radical (unpaired) electrons. The summed E-state index contributed by atoms with van der Waals surface area (Å²) in [7, 11) is 1.23. The lowest BCUT2D eigenvalue weighted by molar-refractivity contribution is -0.316. The maximum absolute atomic E-state index is 14.3. The Morgan fingerprint density at radius 2 is 1.15 bits per heavy atom. The number of Topliss-reactive ketones (excluding diaryl/α,β-unsaturated/α-hetero) is 1. The number of unbranched alkanes of at least 4 members (excludes halogenated alkanes) is 2. The second-order valence-corrected chi connectivity index (χ2v) is 19.1. The Balaban J connectivity index is 2.53. The van der Waals surface area contributed by atoms with E-state index in [0.29, 0.717) is 25.8 Å². The van der Waals surface area contributed by atoms with Gasteiger partial charge >= 0.3 is 5.97 Å². The molecule has 19 N–H and O–H groups in total. The molecule has 2 fully saturated rings. The lowest BCUT2D eigenvalue weighted by atomic mass is 9.88. The van der Waals surface area contributed by atoms with E-state index in [1.165, 1.54) is 14.0 Å². The Labute approximate surface area is 435 Å². The Morgan fingerprint density at radius 1 is 0.627 bits per heavy atom. The Bertz CT molecular complexity index is 1900. The van der Waals surface area contributed by atoms with Gasteiger partial charge in [0.15, 0.2) is 12.3 Å². The molecule has 11 unspecified atom stereocenters. The van der Waals surface area contributed by atoms with Gasteiger partial charge in [0.2, 0.25) is 41.4 Å². The molecule has 0 spiro atoms. The zero-order valence-corrected chi connectivity index (χ0v) is 43.6. The van der Waals surface area contributed by atoms with Crippen molar-refractivity contribution in [1.82, 2.24) is 37.2 Å². The van der Waals surface area contributed by atoms with Crippen LogP contribution in [0.2, 0.25) is 0 Å². The number of aliphatic hydroxyl groups excluding tert-OH is 5. The number of nitrogens with two attached hydrogens (primary N) is 3. The molecule has 0 aromatic heterocycles. The van der Waals surface area contributed by atoms with Crippen LogP contribution in [0.15, 0.2) is 0 Å². The molecule has 29 nitrogen and oxygen atoms in total. The molecule has 0 bridgehead atoms. The van der Waals surface area contributed by atoms with Gasteiger partial charge in [-0.3, -0.25) is 38.4 Å². The van der Waals surface area contributed by atoms with Crippen LogP contribution in [-0.2, 0) is 62.1 Å². The maximum atomic E-state index is 14.3. The smallest absolute Gasteiger partial charge is 0.328 e. The molecule has 2 rings (SSSR count). The van der Waals surface area contributed by atoms with Crippen LogP contribution in [-0.4, -0.2) is 221 Å². The van der Waals surface area contributed by atoms with Crippen molar-refractivity contribution in [1.29, 1.82) is 0 Å². The zero-order valence-electron chi connectivity index (χ0n) is 43.6. The van der Waals surface area contributed by atoms with Gasteiger partial charge in [-0.1, -0.05) is 20.3 Å². The molecule has 75 heavy (non-hydrogen) atoms. The molecule has 2 aliphatic rings. The number of nitrogens with one attached hydrogen (secondary N) is 7. The van der Waals surface area contributed by atoms with E-state index in [0.717, 1.165) is 20.8 Å². The van der Waals surface area contributed by atoms with Gasteiger partial charge in [0.1, 0.15) is 72.6 Å². The number of methoxy groups -OCH3 is 1. The number of ether oxygens (including phenoxy) is 4. The van der Waals surface area contributed by atoms with Crippen molar-refractivity contribution in [2.45, 2.75) is 196 Å². The molecule has 0 aromatic rings. The van der Waals surface area contributed by atoms with Crippen LogP contribution in [0.3, 0.4) is 0 Å². The number of carbonyl (C=O) groups excluding carboxylic acids is 8. The zero-order chi connectivity index (χ0) is 56.9. The summed E-state index contributed by atoms with van der Waals surface area (Å²) in [6.07, 6.45) is -13.4. The van der Waals surface area contributed by atoms with Crippen molar-refractivity contribution in [3.8, 4) is 0 Å². The number of aliphatic hydroxyl groups is 5. The fourth-order valence-electron chi connectivity index (χ4n) is 8.47. The standard InChI is InChI=1S/C46H82N10O19/c1-20(2)32(55-41(66)26(49)12-8-10-14-47)44(69)50-21(3)40(65)54-28(43(68)53-27(13-9-11-15-48)42(67)56-33(22(4)59)45(70)71)16-25(62)17-29-34(51-23(5)60)36(63)39(31(19-58)73-29)75-46-35(52-24(6)61)37(64)38(72-7)30(18-57)74-46/h20-22,26-39,46,57-59,63-64H,8-19,47-49H2,1-7H3,(H,50,69)(H,51,60)(H,52,61)(H,53,68)(H,54,65)(H,55,66)(H,56,67)(H,70,71)/t21-,22?,26-,27-,28-,29?,30?,31?,32-,33-,34?,35?,36?,37?,38?,39?,46?/m0/s1. The molecule has 29 heteroatoms. The number of hydrogen-bond acceptors (Lipinski definition) is 21. The number of rotatable bonds is 32. The summed E-state index contributed by atoms with van der Waals surface area (Å²) >= 11 is 0. The van der Waals surface area contributed by atoms with Crippen LogP contribution in [0, 0.1) is 5.92 Å². The number of carboxylic acids is 1. The monoisotopic (exact) mass is 1080 g/mol. The predicted molar refractivity (Wildman–Crippen MR) is 262 cm³/mol. The lowest BCUT2D eigenvalue weighted by Crippen LogP contribution is -2.69. The van der Waals surface area contributed by atoms with Crippen LogP contribution >= 0.6 is 0 Å². The van der Waals surface area contributed by atoms with Crippen molar-refractivity contribution in [3.63, 3.8) is 0 Å². The first-order valence-electron chi connectivity index (χ1n) is 25.0. The van der Waals surface area contributed by atoms with Crippen molar-refractivity contribution in [3.05, 3.63) is 0 Å². The fourth-order valence-corrected chi connectivity index (χ4v) is 8.47. The van der Waals surface area contributed by atoms with Gasteiger partial charge in [-0.15, -0.1) is 0 Å². The van der Waals surface area contributed by atoms with Crippen molar-refractivity contribution in [2.24, 2.45) is 23.1 Å². The Morgan fingerprint density at radius 3 is 1.67 bits per heavy atom. The van der Waals surface area contributed by atoms with E-state index in [-0.39, 0.29) is 25.8 Å². The lowest BCUT2D eigenvalue weighted by Gasteiger charge is -2.48. The van der Waals surface area contributed by atoms with Crippen molar-refractivity contribution in [2.75, 3.05) is 33.4 Å². The summed E-state index contributed by atoms with van der Waals surface area (Å²) in [5.74, 6) is -9.07. The molecular formula is C46H82N10O19. The quantitative estimate of drug-likeness (QED) is 0.0278. The molecule has 2 saturated heterocycles. The molecule has 0 aromatic carbocycles. The average molecular weight is 1080 g/mol. The van der Waals surface area contributed by atoms with Gasteiger partial charge in [-0.25, -0.2) is 4.79 Å². The molecule has 0 aliphatic carbocycles. The molecule has 0 saturated carbocycles. The topological polar surface area (TPSA) is 474 Å². The number of carboxylic acid groups (broad SMARTS) is 1. The van der Waals surface area contributed by atoms with E-state index in [9.17, 15) is 73.8 Å². The van der Waals surface area contributed by atoms with E-state index in [4.69, 9.17) is 36.1 Å². The minimum atomic E-state index is -1.87. The maximum Gasteiger partial charge on any atom is 0.328 e. The van der Waals surface area contributed by atoms with Crippen LogP contribution in [0.25, 0.3) is 0 Å².